The van der Waals surface area contributed by atoms with Gasteiger partial charge in [-0.05, 0) is 42.0 Å². The van der Waals surface area contributed by atoms with Crippen molar-refractivity contribution in [2.24, 2.45) is 0 Å². The summed E-state index contributed by atoms with van der Waals surface area (Å²) in [7, 11) is 0. The quantitative estimate of drug-likeness (QED) is 0.601. The number of carbonyl (C=O) groups is 2. The summed E-state index contributed by atoms with van der Waals surface area (Å²) in [5.41, 5.74) is 2.33. The molecule has 3 rings (SSSR count). The van der Waals surface area contributed by atoms with Crippen LogP contribution in [0.4, 0.5) is 11.4 Å². The number of anilines is 2. The molecule has 0 atom stereocenters. The van der Waals surface area contributed by atoms with Crippen LogP contribution in [0, 0.1) is 0 Å². The molecule has 2 N–H and O–H groups in total. The Bertz CT molecular complexity index is 975. The van der Waals surface area contributed by atoms with Crippen LogP contribution in [0.25, 0.3) is 0 Å². The van der Waals surface area contributed by atoms with Crippen LogP contribution >= 0.6 is 23.2 Å². The molecule has 6 heteroatoms. The van der Waals surface area contributed by atoms with E-state index in [0.29, 0.717) is 27.0 Å². The van der Waals surface area contributed by atoms with Gasteiger partial charge in [-0.3, -0.25) is 9.59 Å². The second-order valence-electron chi connectivity index (χ2n) is 5.87. The number of carbonyl (C=O) groups excluding carboxylic acids is 2. The summed E-state index contributed by atoms with van der Waals surface area (Å²) in [4.78, 5) is 24.7. The van der Waals surface area contributed by atoms with Crippen molar-refractivity contribution < 1.29 is 9.59 Å². The Hall–Kier alpha value is -2.82. The predicted molar refractivity (Wildman–Crippen MR) is 110 cm³/mol. The van der Waals surface area contributed by atoms with E-state index in [-0.39, 0.29) is 18.2 Å². The molecule has 0 spiro atoms. The molecule has 0 fully saturated rings. The van der Waals surface area contributed by atoms with Crippen molar-refractivity contribution >= 4 is 46.4 Å². The van der Waals surface area contributed by atoms with Gasteiger partial charge < -0.3 is 10.6 Å². The summed E-state index contributed by atoms with van der Waals surface area (Å²) in [5, 5.41) is 6.38. The molecule has 0 radical (unpaired) electrons. The van der Waals surface area contributed by atoms with E-state index in [9.17, 15) is 9.59 Å². The number of halogens is 2. The summed E-state index contributed by atoms with van der Waals surface area (Å²) < 4.78 is 0. The van der Waals surface area contributed by atoms with Gasteiger partial charge >= 0.3 is 0 Å². The maximum Gasteiger partial charge on any atom is 0.255 e. The van der Waals surface area contributed by atoms with Crippen LogP contribution in [0.5, 0.6) is 0 Å². The SMILES string of the molecule is O=C(Cc1ccccc1)Nc1cccc(C(=O)Nc2ccc(Cl)cc2Cl)c1. The third kappa shape index (κ3) is 5.33. The van der Waals surface area contributed by atoms with Crippen LogP contribution < -0.4 is 10.6 Å². The fourth-order valence-corrected chi connectivity index (χ4v) is 2.97. The van der Waals surface area contributed by atoms with Gasteiger partial charge in [-0.25, -0.2) is 0 Å². The van der Waals surface area contributed by atoms with Crippen LogP contribution in [-0.4, -0.2) is 11.8 Å². The van der Waals surface area contributed by atoms with E-state index < -0.39 is 0 Å². The predicted octanol–water partition coefficient (Wildman–Crippen LogP) is 5.43. The van der Waals surface area contributed by atoms with Gasteiger partial charge in [0.1, 0.15) is 0 Å². The second kappa shape index (κ2) is 8.71. The average Bonchev–Trinajstić information content (AvgIpc) is 2.65. The Morgan fingerprint density at radius 3 is 2.33 bits per heavy atom. The van der Waals surface area contributed by atoms with Crippen LogP contribution in [0.1, 0.15) is 15.9 Å². The molecule has 4 nitrogen and oxygen atoms in total. The second-order valence-corrected chi connectivity index (χ2v) is 6.71. The van der Waals surface area contributed by atoms with Gasteiger partial charge in [-0.1, -0.05) is 59.6 Å². The zero-order valence-corrected chi connectivity index (χ0v) is 15.7. The molecule has 0 aliphatic heterocycles. The van der Waals surface area contributed by atoms with Gasteiger partial charge in [0, 0.05) is 16.3 Å². The lowest BCUT2D eigenvalue weighted by Crippen LogP contribution is -2.16. The third-order valence-corrected chi connectivity index (χ3v) is 4.34. The fourth-order valence-electron chi connectivity index (χ4n) is 2.51. The Labute approximate surface area is 167 Å². The summed E-state index contributed by atoms with van der Waals surface area (Å²) >= 11 is 11.9. The van der Waals surface area contributed by atoms with Crippen LogP contribution in [0.2, 0.25) is 10.0 Å². The monoisotopic (exact) mass is 398 g/mol. The standard InChI is InChI=1S/C21H16Cl2N2O2/c22-16-9-10-19(18(23)13-16)25-21(27)15-7-4-8-17(12-15)24-20(26)11-14-5-2-1-3-6-14/h1-10,12-13H,11H2,(H,24,26)(H,25,27). The van der Waals surface area contributed by atoms with Crippen LogP contribution in [-0.2, 0) is 11.2 Å². The van der Waals surface area contributed by atoms with Crippen LogP contribution in [0.15, 0.2) is 72.8 Å². The van der Waals surface area contributed by atoms with Crippen molar-refractivity contribution in [1.29, 1.82) is 0 Å². The minimum Gasteiger partial charge on any atom is -0.326 e. The molecule has 136 valence electrons. The average molecular weight is 399 g/mol. The van der Waals surface area contributed by atoms with Crippen molar-refractivity contribution in [3.8, 4) is 0 Å². The summed E-state index contributed by atoms with van der Waals surface area (Å²) in [6, 6.07) is 21.0. The van der Waals surface area contributed by atoms with Gasteiger partial charge in [0.25, 0.3) is 5.91 Å². The van der Waals surface area contributed by atoms with E-state index in [0.717, 1.165) is 5.56 Å². The highest BCUT2D eigenvalue weighted by atomic mass is 35.5. The largest absolute Gasteiger partial charge is 0.326 e. The van der Waals surface area contributed by atoms with Crippen molar-refractivity contribution in [3.63, 3.8) is 0 Å². The maximum atomic E-state index is 12.5. The number of hydrogen-bond acceptors (Lipinski definition) is 2. The van der Waals surface area contributed by atoms with Gasteiger partial charge in [-0.15, -0.1) is 0 Å². The third-order valence-electron chi connectivity index (χ3n) is 3.80. The number of benzene rings is 3. The molecule has 2 amide bonds. The first-order chi connectivity index (χ1) is 13.0. The Kier molecular flexibility index (Phi) is 6.12. The molecule has 0 bridgehead atoms. The lowest BCUT2D eigenvalue weighted by molar-refractivity contribution is -0.115. The summed E-state index contributed by atoms with van der Waals surface area (Å²) in [6.07, 6.45) is 0.262. The first kappa shape index (κ1) is 19.0. The highest BCUT2D eigenvalue weighted by Crippen LogP contribution is 2.26. The van der Waals surface area contributed by atoms with Gasteiger partial charge in [0.05, 0.1) is 17.1 Å². The lowest BCUT2D eigenvalue weighted by Gasteiger charge is -2.10. The molecule has 0 aliphatic rings. The first-order valence-corrected chi connectivity index (χ1v) is 8.97. The van der Waals surface area contributed by atoms with Crippen molar-refractivity contribution in [2.75, 3.05) is 10.6 Å². The number of rotatable bonds is 5. The molecular weight excluding hydrogens is 383 g/mol. The molecule has 3 aromatic rings. The smallest absolute Gasteiger partial charge is 0.255 e. The highest BCUT2D eigenvalue weighted by molar-refractivity contribution is 6.36. The van der Waals surface area contributed by atoms with E-state index >= 15 is 0 Å². The Balaban J connectivity index is 1.67. The zero-order chi connectivity index (χ0) is 19.2. The minimum atomic E-state index is -0.335. The summed E-state index contributed by atoms with van der Waals surface area (Å²) in [6.45, 7) is 0. The van der Waals surface area contributed by atoms with Crippen molar-refractivity contribution in [2.45, 2.75) is 6.42 Å². The van der Waals surface area contributed by atoms with E-state index in [4.69, 9.17) is 23.2 Å². The van der Waals surface area contributed by atoms with Gasteiger partial charge in [-0.2, -0.15) is 0 Å². The summed E-state index contributed by atoms with van der Waals surface area (Å²) in [5.74, 6) is -0.488. The number of nitrogens with one attached hydrogen (secondary N) is 2. The topological polar surface area (TPSA) is 58.2 Å². The van der Waals surface area contributed by atoms with Gasteiger partial charge in [0.15, 0.2) is 0 Å². The fraction of sp³-hybridized carbons (Fsp3) is 0.0476. The molecular formula is C21H16Cl2N2O2. The first-order valence-electron chi connectivity index (χ1n) is 8.21. The lowest BCUT2D eigenvalue weighted by atomic mass is 10.1. The van der Waals surface area contributed by atoms with Gasteiger partial charge in [0.2, 0.25) is 5.91 Å². The molecule has 0 aliphatic carbocycles. The van der Waals surface area contributed by atoms with E-state index in [1.54, 1.807) is 42.5 Å². The molecule has 0 unspecified atom stereocenters. The van der Waals surface area contributed by atoms with Crippen molar-refractivity contribution in [1.82, 2.24) is 0 Å². The number of hydrogen-bond donors (Lipinski definition) is 2. The maximum absolute atomic E-state index is 12.5. The van der Waals surface area contributed by atoms with E-state index in [1.807, 2.05) is 30.3 Å². The molecule has 0 saturated heterocycles. The molecule has 0 aromatic heterocycles. The van der Waals surface area contributed by atoms with E-state index in [1.165, 1.54) is 0 Å². The molecule has 3 aromatic carbocycles. The normalized spacial score (nSPS) is 10.3. The Morgan fingerprint density at radius 1 is 0.815 bits per heavy atom. The highest BCUT2D eigenvalue weighted by Gasteiger charge is 2.11. The van der Waals surface area contributed by atoms with E-state index in [2.05, 4.69) is 10.6 Å². The van der Waals surface area contributed by atoms with Crippen LogP contribution in [0.3, 0.4) is 0 Å². The van der Waals surface area contributed by atoms with Crippen molar-refractivity contribution in [3.05, 3.63) is 94.0 Å². The minimum absolute atomic E-state index is 0.153. The molecule has 0 saturated carbocycles. The zero-order valence-electron chi connectivity index (χ0n) is 14.2. The Morgan fingerprint density at radius 2 is 1.59 bits per heavy atom. The number of amides is 2. The molecule has 0 heterocycles. The molecule has 27 heavy (non-hydrogen) atoms.